The minimum atomic E-state index is 0.116. The molecule has 0 fully saturated rings. The average molecular weight is 314 g/mol. The summed E-state index contributed by atoms with van der Waals surface area (Å²) in [7, 11) is 1.52. The minimum absolute atomic E-state index is 0.116. The molecule has 1 aromatic carbocycles. The quantitative estimate of drug-likeness (QED) is 0.754. The molecule has 112 valence electrons. The monoisotopic (exact) mass is 314 g/mol. The Labute approximate surface area is 131 Å². The molecule has 0 radical (unpaired) electrons. The molecule has 2 heterocycles. The van der Waals surface area contributed by atoms with Gasteiger partial charge in [-0.1, -0.05) is 0 Å². The maximum Gasteiger partial charge on any atom is 0.183 e. The summed E-state index contributed by atoms with van der Waals surface area (Å²) in [5.41, 5.74) is 2.77. The second-order valence-corrected chi connectivity index (χ2v) is 5.39. The third-order valence-electron chi connectivity index (χ3n) is 3.07. The van der Waals surface area contributed by atoms with Gasteiger partial charge in [-0.2, -0.15) is 10.2 Å². The lowest BCUT2D eigenvalue weighted by atomic mass is 10.1. The van der Waals surface area contributed by atoms with Crippen molar-refractivity contribution in [3.8, 4) is 22.8 Å². The first-order valence-corrected chi connectivity index (χ1v) is 7.46. The molecule has 22 heavy (non-hydrogen) atoms. The van der Waals surface area contributed by atoms with E-state index in [0.717, 1.165) is 22.0 Å². The van der Waals surface area contributed by atoms with Crippen LogP contribution in [0.4, 0.5) is 5.13 Å². The highest BCUT2D eigenvalue weighted by Gasteiger charge is 2.08. The molecule has 7 heteroatoms. The van der Waals surface area contributed by atoms with Gasteiger partial charge in [0.25, 0.3) is 0 Å². The summed E-state index contributed by atoms with van der Waals surface area (Å²) in [6.45, 7) is 0.640. The molecule has 0 aliphatic heterocycles. The van der Waals surface area contributed by atoms with Gasteiger partial charge in [0.2, 0.25) is 0 Å². The first kappa shape index (κ1) is 14.3. The van der Waals surface area contributed by atoms with Crippen LogP contribution < -0.4 is 10.1 Å². The molecule has 0 saturated carbocycles. The Kier molecular flexibility index (Phi) is 4.15. The number of aromatic hydroxyl groups is 1. The van der Waals surface area contributed by atoms with Gasteiger partial charge in [0, 0.05) is 23.7 Å². The second-order valence-electron chi connectivity index (χ2n) is 4.53. The second kappa shape index (κ2) is 6.40. The van der Waals surface area contributed by atoms with Crippen molar-refractivity contribution >= 4 is 16.5 Å². The van der Waals surface area contributed by atoms with Gasteiger partial charge in [0.05, 0.1) is 19.0 Å². The number of rotatable bonds is 5. The van der Waals surface area contributed by atoms with Gasteiger partial charge in [-0.25, -0.2) is 4.98 Å². The molecule has 0 bridgehead atoms. The number of hydrogen-bond acceptors (Lipinski definition) is 7. The molecule has 2 aromatic heterocycles. The van der Waals surface area contributed by atoms with Gasteiger partial charge in [-0.15, -0.1) is 11.3 Å². The predicted molar refractivity (Wildman–Crippen MR) is 85.1 cm³/mol. The van der Waals surface area contributed by atoms with Crippen LogP contribution in [0.2, 0.25) is 0 Å². The van der Waals surface area contributed by atoms with Crippen molar-refractivity contribution in [1.29, 1.82) is 0 Å². The Morgan fingerprint density at radius 3 is 2.95 bits per heavy atom. The van der Waals surface area contributed by atoms with Crippen molar-refractivity contribution in [1.82, 2.24) is 15.2 Å². The van der Waals surface area contributed by atoms with E-state index in [1.54, 1.807) is 24.5 Å². The minimum Gasteiger partial charge on any atom is -0.504 e. The van der Waals surface area contributed by atoms with E-state index in [9.17, 15) is 5.11 Å². The molecule has 0 unspecified atom stereocenters. The number of phenolic OH excluding ortho intramolecular Hbond substituents is 1. The normalized spacial score (nSPS) is 10.4. The number of benzene rings is 1. The number of anilines is 1. The molecule has 0 amide bonds. The number of aromatic nitrogens is 3. The topological polar surface area (TPSA) is 80.2 Å². The number of hydrogen-bond donors (Lipinski definition) is 2. The molecule has 0 spiro atoms. The van der Waals surface area contributed by atoms with Crippen molar-refractivity contribution in [2.24, 2.45) is 0 Å². The highest BCUT2D eigenvalue weighted by atomic mass is 32.1. The summed E-state index contributed by atoms with van der Waals surface area (Å²) in [5, 5.41) is 23.2. The molecule has 0 saturated heterocycles. The molecule has 0 atom stereocenters. The van der Waals surface area contributed by atoms with E-state index in [2.05, 4.69) is 20.5 Å². The number of nitrogens with one attached hydrogen (secondary N) is 1. The fourth-order valence-electron chi connectivity index (χ4n) is 1.92. The summed E-state index contributed by atoms with van der Waals surface area (Å²) in [4.78, 5) is 4.53. The molecule has 6 nitrogen and oxygen atoms in total. The van der Waals surface area contributed by atoms with Crippen LogP contribution in [0.5, 0.6) is 11.5 Å². The Balaban J connectivity index is 1.73. The lowest BCUT2D eigenvalue weighted by molar-refractivity contribution is 0.373. The van der Waals surface area contributed by atoms with Crippen LogP contribution in [0.3, 0.4) is 0 Å². The summed E-state index contributed by atoms with van der Waals surface area (Å²) < 4.78 is 5.12. The van der Waals surface area contributed by atoms with E-state index >= 15 is 0 Å². The van der Waals surface area contributed by atoms with Gasteiger partial charge in [-0.05, 0) is 29.8 Å². The number of phenols is 1. The van der Waals surface area contributed by atoms with Crippen molar-refractivity contribution in [3.63, 3.8) is 0 Å². The number of thiazole rings is 1. The van der Waals surface area contributed by atoms with Gasteiger partial charge >= 0.3 is 0 Å². The molecular weight excluding hydrogens is 300 g/mol. The lowest BCUT2D eigenvalue weighted by Crippen LogP contribution is -1.99. The number of methoxy groups -OCH3 is 1. The van der Waals surface area contributed by atoms with Crippen LogP contribution in [0.1, 0.15) is 5.56 Å². The molecule has 3 rings (SSSR count). The summed E-state index contributed by atoms with van der Waals surface area (Å²) in [6, 6.07) is 7.08. The zero-order chi connectivity index (χ0) is 15.4. The first-order chi connectivity index (χ1) is 10.8. The Bertz CT molecular complexity index is 761. The molecule has 2 N–H and O–H groups in total. The van der Waals surface area contributed by atoms with Crippen LogP contribution >= 0.6 is 11.3 Å². The van der Waals surface area contributed by atoms with E-state index in [1.165, 1.54) is 18.4 Å². The van der Waals surface area contributed by atoms with E-state index < -0.39 is 0 Å². The SMILES string of the molecule is COc1cc(-c2csc(NCc3ccnnc3)n2)ccc1O. The van der Waals surface area contributed by atoms with Crippen molar-refractivity contribution in [3.05, 3.63) is 47.6 Å². The van der Waals surface area contributed by atoms with Gasteiger partial charge < -0.3 is 15.2 Å². The summed E-state index contributed by atoms with van der Waals surface area (Å²) >= 11 is 1.52. The highest BCUT2D eigenvalue weighted by Crippen LogP contribution is 2.32. The fourth-order valence-corrected chi connectivity index (χ4v) is 2.64. The van der Waals surface area contributed by atoms with Crippen LogP contribution in [-0.2, 0) is 6.54 Å². The molecular formula is C15H14N4O2S. The van der Waals surface area contributed by atoms with E-state index in [4.69, 9.17) is 4.74 Å². The van der Waals surface area contributed by atoms with Crippen molar-refractivity contribution in [2.45, 2.75) is 6.54 Å². The third kappa shape index (κ3) is 3.15. The van der Waals surface area contributed by atoms with Crippen LogP contribution in [0.25, 0.3) is 11.3 Å². The largest absolute Gasteiger partial charge is 0.504 e. The van der Waals surface area contributed by atoms with Crippen LogP contribution in [0.15, 0.2) is 42.0 Å². The van der Waals surface area contributed by atoms with Gasteiger partial charge in [0.15, 0.2) is 16.6 Å². The average Bonchev–Trinajstić information content (AvgIpc) is 3.03. The van der Waals surface area contributed by atoms with Crippen LogP contribution in [0, 0.1) is 0 Å². The smallest absolute Gasteiger partial charge is 0.183 e. The fraction of sp³-hybridized carbons (Fsp3) is 0.133. The number of ether oxygens (including phenoxy) is 1. The maximum absolute atomic E-state index is 9.63. The predicted octanol–water partition coefficient (Wildman–Crippen LogP) is 2.93. The van der Waals surface area contributed by atoms with Gasteiger partial charge in [-0.3, -0.25) is 0 Å². The van der Waals surface area contributed by atoms with E-state index in [0.29, 0.717) is 12.3 Å². The highest BCUT2D eigenvalue weighted by molar-refractivity contribution is 7.14. The van der Waals surface area contributed by atoms with E-state index in [1.807, 2.05) is 17.5 Å². The number of nitrogens with zero attached hydrogens (tertiary/aromatic N) is 3. The molecule has 0 aliphatic rings. The summed E-state index contributed by atoms with van der Waals surface area (Å²) in [6.07, 6.45) is 3.37. The van der Waals surface area contributed by atoms with Crippen molar-refractivity contribution < 1.29 is 9.84 Å². The maximum atomic E-state index is 9.63. The van der Waals surface area contributed by atoms with Crippen LogP contribution in [-0.4, -0.2) is 27.4 Å². The summed E-state index contributed by atoms with van der Waals surface area (Å²) in [5.74, 6) is 0.549. The Morgan fingerprint density at radius 2 is 2.18 bits per heavy atom. The van der Waals surface area contributed by atoms with Crippen molar-refractivity contribution in [2.75, 3.05) is 12.4 Å². The van der Waals surface area contributed by atoms with Gasteiger partial charge in [0.1, 0.15) is 0 Å². The standard InChI is InChI=1S/C15H14N4O2S/c1-21-14-6-11(2-3-13(14)20)12-9-22-15(19-12)16-7-10-4-5-17-18-8-10/h2-6,8-9,20H,7H2,1H3,(H,16,19). The van der Waals surface area contributed by atoms with E-state index in [-0.39, 0.29) is 5.75 Å². The third-order valence-corrected chi connectivity index (χ3v) is 3.87. The molecule has 0 aliphatic carbocycles. The Morgan fingerprint density at radius 1 is 1.27 bits per heavy atom. The Hall–Kier alpha value is -2.67. The molecule has 3 aromatic rings. The first-order valence-electron chi connectivity index (χ1n) is 6.58. The lowest BCUT2D eigenvalue weighted by Gasteiger charge is -2.05. The zero-order valence-electron chi connectivity index (χ0n) is 11.9. The zero-order valence-corrected chi connectivity index (χ0v) is 12.7.